The van der Waals surface area contributed by atoms with E-state index in [1.54, 1.807) is 0 Å². The normalized spacial score (nSPS) is 13.1. The molecule has 0 saturated heterocycles. The van der Waals surface area contributed by atoms with Crippen LogP contribution in [-0.2, 0) is 33.3 Å². The number of quaternary nitrogens is 1. The molecule has 9 heteroatoms. The molecule has 9 nitrogen and oxygen atoms in total. The van der Waals surface area contributed by atoms with Crippen LogP contribution in [0.15, 0.2) is 85.1 Å². The first-order valence-electron chi connectivity index (χ1n) is 40.8. The molecule has 0 heterocycles. The van der Waals surface area contributed by atoms with E-state index in [4.69, 9.17) is 18.9 Å². The predicted octanol–water partition coefficient (Wildman–Crippen LogP) is 26.2. The van der Waals surface area contributed by atoms with Crippen molar-refractivity contribution in [2.45, 2.75) is 399 Å². The van der Waals surface area contributed by atoms with Gasteiger partial charge in [-0.2, -0.15) is 0 Å². The van der Waals surface area contributed by atoms with Crippen molar-refractivity contribution in [2.24, 2.45) is 0 Å². The third-order valence-electron chi connectivity index (χ3n) is 18.1. The molecule has 0 amide bonds. The fraction of sp³-hybridized carbons (Fsp3) is 0.802. The van der Waals surface area contributed by atoms with Gasteiger partial charge >= 0.3 is 17.9 Å². The maximum Gasteiger partial charge on any atom is 0.361 e. The zero-order valence-electron chi connectivity index (χ0n) is 63.3. The highest BCUT2D eigenvalue weighted by molar-refractivity contribution is 5.71. The van der Waals surface area contributed by atoms with E-state index in [9.17, 15) is 19.5 Å². The van der Waals surface area contributed by atoms with Gasteiger partial charge in [0.15, 0.2) is 6.10 Å². The minimum atomic E-state index is -1.51. The first kappa shape index (κ1) is 91.5. The van der Waals surface area contributed by atoms with E-state index >= 15 is 0 Å². The van der Waals surface area contributed by atoms with Crippen LogP contribution in [0.3, 0.4) is 0 Å². The second-order valence-corrected chi connectivity index (χ2v) is 28.7. The van der Waals surface area contributed by atoms with E-state index in [2.05, 4.69) is 98.9 Å². The van der Waals surface area contributed by atoms with Crippen LogP contribution in [0.4, 0.5) is 0 Å². The molecule has 2 unspecified atom stereocenters. The van der Waals surface area contributed by atoms with E-state index in [1.165, 1.54) is 283 Å². The molecule has 0 bridgehead atoms. The Hall–Kier alpha value is -3.53. The van der Waals surface area contributed by atoms with Gasteiger partial charge in [0.25, 0.3) is 6.29 Å². The number of hydrogen-bond donors (Lipinski definition) is 1. The Morgan fingerprint density at radius 3 is 0.895 bits per heavy atom. The van der Waals surface area contributed by atoms with Crippen LogP contribution in [-0.4, -0.2) is 87.4 Å². The fourth-order valence-corrected chi connectivity index (χ4v) is 12.0. The molecular formula is C86H156NO8+. The van der Waals surface area contributed by atoms with Gasteiger partial charge in [0.2, 0.25) is 0 Å². The average Bonchev–Trinajstić information content (AvgIpc) is 3.75. The zero-order valence-corrected chi connectivity index (χ0v) is 63.3. The lowest BCUT2D eigenvalue weighted by Gasteiger charge is -2.25. The van der Waals surface area contributed by atoms with Crippen molar-refractivity contribution in [3.8, 4) is 0 Å². The monoisotopic (exact) mass is 1330 g/mol. The molecule has 0 aliphatic heterocycles. The minimum Gasteiger partial charge on any atom is -0.477 e. The number of carboxylic acids is 1. The summed E-state index contributed by atoms with van der Waals surface area (Å²) in [5.74, 6) is -1.98. The minimum absolute atomic E-state index is 0.178. The molecule has 0 aliphatic carbocycles. The number of esters is 2. The number of nitrogens with zero attached hydrogens (tertiary/aromatic N) is 1. The first-order valence-corrected chi connectivity index (χ1v) is 40.8. The number of hydrogen-bond acceptors (Lipinski definition) is 7. The highest BCUT2D eigenvalue weighted by Crippen LogP contribution is 2.19. The van der Waals surface area contributed by atoms with E-state index in [1.807, 2.05) is 21.1 Å². The van der Waals surface area contributed by atoms with Gasteiger partial charge in [0.05, 0.1) is 34.4 Å². The quantitative estimate of drug-likeness (QED) is 0.0211. The summed E-state index contributed by atoms with van der Waals surface area (Å²) < 4.78 is 23.1. The molecule has 0 rings (SSSR count). The van der Waals surface area contributed by atoms with E-state index in [0.29, 0.717) is 17.4 Å². The lowest BCUT2D eigenvalue weighted by Crippen LogP contribution is -2.40. The molecule has 2 atom stereocenters. The van der Waals surface area contributed by atoms with Crippen molar-refractivity contribution < 1.29 is 42.9 Å². The molecule has 0 spiro atoms. The summed E-state index contributed by atoms with van der Waals surface area (Å²) in [5, 5.41) is 9.78. The van der Waals surface area contributed by atoms with Crippen molar-refractivity contribution >= 4 is 17.9 Å². The number of aliphatic carboxylic acids is 1. The summed E-state index contributed by atoms with van der Waals surface area (Å²) in [6.45, 7) is 4.81. The zero-order chi connectivity index (χ0) is 69.0. The average molecular weight is 1330 g/mol. The number of likely N-dealkylation sites (N-methyl/N-ethyl adjacent to an activating group) is 1. The van der Waals surface area contributed by atoms with Gasteiger partial charge in [0.1, 0.15) is 13.2 Å². The Morgan fingerprint density at radius 2 is 0.600 bits per heavy atom. The fourth-order valence-electron chi connectivity index (χ4n) is 12.0. The van der Waals surface area contributed by atoms with Gasteiger partial charge in [0, 0.05) is 12.8 Å². The number of allylic oxidation sites excluding steroid dienone is 14. The van der Waals surface area contributed by atoms with Crippen LogP contribution in [0.25, 0.3) is 0 Å². The maximum absolute atomic E-state index is 13.0. The molecule has 0 aromatic heterocycles. The molecule has 0 aromatic carbocycles. The first-order chi connectivity index (χ1) is 46.6. The van der Waals surface area contributed by atoms with Crippen LogP contribution in [0.1, 0.15) is 386 Å². The highest BCUT2D eigenvalue weighted by atomic mass is 16.7. The molecule has 0 radical (unpaired) electrons. The van der Waals surface area contributed by atoms with Crippen molar-refractivity contribution in [3.05, 3.63) is 85.1 Å². The number of unbranched alkanes of at least 4 members (excludes halogenated alkanes) is 47. The molecule has 0 aliphatic rings. The predicted molar refractivity (Wildman–Crippen MR) is 410 cm³/mol. The molecule has 0 saturated carbocycles. The van der Waals surface area contributed by atoms with Gasteiger partial charge in [-0.05, 0) is 89.9 Å². The van der Waals surface area contributed by atoms with Crippen LogP contribution in [0.2, 0.25) is 0 Å². The summed E-state index contributed by atoms with van der Waals surface area (Å²) in [7, 11) is 6.00. The molecule has 1 N–H and O–H groups in total. The Labute approximate surface area is 589 Å². The van der Waals surface area contributed by atoms with Crippen molar-refractivity contribution in [3.63, 3.8) is 0 Å². The largest absolute Gasteiger partial charge is 0.477 e. The SMILES string of the molecule is CC/C=C\C/C=C\C/C=C\C/C=C\C/C=C\CCCCCCCCCCCCCCCCCCCCCCCC(=O)OC(COC(=O)CCCCCCCCCCCCCCCCCCCCCCC/C=C\C/C=C\CCCCCCC)COC(OCC[N+](C)(C)C)C(=O)O. The standard InChI is InChI=1S/C86H155NO8/c1-6-8-10-12-14-16-18-20-22-24-26-28-30-32-34-36-38-40-41-42-43-45-47-49-51-53-55-57-59-61-63-65-67-69-71-73-75-77-84(89)95-82(81-94-86(85(90)91)92-79-78-87(3,4)5)80-93-83(88)76-74-72-70-68-66-64-62-60-58-56-54-52-50-48-46-44-39-37-35-33-31-29-27-25-23-21-19-17-15-13-11-9-7-2/h8,10,14,16,19-22,25-28,32,34,82,86H,6-7,9,11-13,15,17-18,23-24,29-31,33,35-81H2,1-5H3/p+1/b10-8-,16-14-,21-19-,22-20-,27-25-,28-26-,34-32-. The van der Waals surface area contributed by atoms with Gasteiger partial charge in [-0.3, -0.25) is 9.59 Å². The highest BCUT2D eigenvalue weighted by Gasteiger charge is 2.25. The number of rotatable bonds is 76. The van der Waals surface area contributed by atoms with Gasteiger partial charge < -0.3 is 28.5 Å². The second-order valence-electron chi connectivity index (χ2n) is 28.7. The summed E-state index contributed by atoms with van der Waals surface area (Å²) in [6, 6.07) is 0. The third-order valence-corrected chi connectivity index (χ3v) is 18.1. The topological polar surface area (TPSA) is 108 Å². The lowest BCUT2D eigenvalue weighted by atomic mass is 10.0. The summed E-state index contributed by atoms with van der Waals surface area (Å²) in [6.07, 6.45) is 102. The summed E-state index contributed by atoms with van der Waals surface area (Å²) >= 11 is 0. The third kappa shape index (κ3) is 77.7. The maximum atomic E-state index is 13.0. The van der Waals surface area contributed by atoms with E-state index in [-0.39, 0.29) is 38.2 Å². The van der Waals surface area contributed by atoms with Crippen molar-refractivity contribution in [1.82, 2.24) is 0 Å². The Bertz CT molecular complexity index is 1840. The van der Waals surface area contributed by atoms with Crippen LogP contribution in [0.5, 0.6) is 0 Å². The Morgan fingerprint density at radius 1 is 0.326 bits per heavy atom. The van der Waals surface area contributed by atoms with Crippen LogP contribution in [0, 0.1) is 0 Å². The molecule has 0 fully saturated rings. The number of carbonyl (C=O) groups excluding carboxylic acids is 2. The molecule has 552 valence electrons. The van der Waals surface area contributed by atoms with Crippen LogP contribution < -0.4 is 0 Å². The Kier molecular flexibility index (Phi) is 73.4. The summed E-state index contributed by atoms with van der Waals surface area (Å²) in [4.78, 5) is 37.8. The van der Waals surface area contributed by atoms with Crippen molar-refractivity contribution in [2.75, 3.05) is 47.5 Å². The molecule has 95 heavy (non-hydrogen) atoms. The summed E-state index contributed by atoms with van der Waals surface area (Å²) in [5.41, 5.74) is 0. The van der Waals surface area contributed by atoms with E-state index < -0.39 is 18.4 Å². The Balaban J connectivity index is 3.98. The smallest absolute Gasteiger partial charge is 0.361 e. The molecular weight excluding hydrogens is 1170 g/mol. The van der Waals surface area contributed by atoms with Crippen LogP contribution >= 0.6 is 0 Å². The van der Waals surface area contributed by atoms with Crippen molar-refractivity contribution in [1.29, 1.82) is 0 Å². The number of carboxylic acid groups (broad SMARTS) is 1. The number of ether oxygens (including phenoxy) is 4. The van der Waals surface area contributed by atoms with Gasteiger partial charge in [-0.25, -0.2) is 4.79 Å². The molecule has 0 aromatic rings. The van der Waals surface area contributed by atoms with E-state index in [0.717, 1.165) is 77.0 Å². The van der Waals surface area contributed by atoms with Gasteiger partial charge in [-0.1, -0.05) is 369 Å². The second kappa shape index (κ2) is 76.2. The van der Waals surface area contributed by atoms with Gasteiger partial charge in [-0.15, -0.1) is 0 Å². The lowest BCUT2D eigenvalue weighted by molar-refractivity contribution is -0.870. The number of carbonyl (C=O) groups is 3.